The monoisotopic (exact) mass is 372 g/mol. The molecule has 128 valence electrons. The van der Waals surface area contributed by atoms with Gasteiger partial charge in [-0.05, 0) is 60.6 Å². The number of benzene rings is 2. The molecule has 0 unspecified atom stereocenters. The van der Waals surface area contributed by atoms with E-state index >= 15 is 0 Å². The van der Waals surface area contributed by atoms with E-state index in [1.807, 2.05) is 42.5 Å². The lowest BCUT2D eigenvalue weighted by molar-refractivity contribution is 0.317. The van der Waals surface area contributed by atoms with Gasteiger partial charge < -0.3 is 4.74 Å². The van der Waals surface area contributed by atoms with E-state index in [2.05, 4.69) is 22.2 Å². The standard InChI is InChI=1S/C18H17ClN4OS/c1-2-11-24-14-9-7-13(8-10-14)12-20-23-17(21-22-18(23)25)15-5-3-4-6-16(15)19/h3-10,12H,2,11H2,1H3,(H,22,25). The fourth-order valence-corrected chi connectivity index (χ4v) is 2.61. The Morgan fingerprint density at radius 1 is 1.24 bits per heavy atom. The van der Waals surface area contributed by atoms with Crippen molar-refractivity contribution in [3.8, 4) is 17.1 Å². The van der Waals surface area contributed by atoms with Crippen LogP contribution in [-0.2, 0) is 0 Å². The number of H-pyrrole nitrogens is 1. The lowest BCUT2D eigenvalue weighted by atomic mass is 10.2. The van der Waals surface area contributed by atoms with Gasteiger partial charge in [-0.25, -0.2) is 5.10 Å². The van der Waals surface area contributed by atoms with Crippen molar-refractivity contribution in [2.45, 2.75) is 13.3 Å². The van der Waals surface area contributed by atoms with E-state index in [0.29, 0.717) is 22.2 Å². The number of ether oxygens (including phenoxy) is 1. The molecule has 0 atom stereocenters. The van der Waals surface area contributed by atoms with Gasteiger partial charge in [-0.1, -0.05) is 30.7 Å². The van der Waals surface area contributed by atoms with Crippen LogP contribution in [0.1, 0.15) is 18.9 Å². The fraction of sp³-hybridized carbons (Fsp3) is 0.167. The largest absolute Gasteiger partial charge is 0.494 e. The summed E-state index contributed by atoms with van der Waals surface area (Å²) in [5.41, 5.74) is 1.69. The first-order valence-electron chi connectivity index (χ1n) is 7.88. The third-order valence-corrected chi connectivity index (χ3v) is 4.03. The topological polar surface area (TPSA) is 55.2 Å². The zero-order valence-electron chi connectivity index (χ0n) is 13.6. The molecule has 5 nitrogen and oxygen atoms in total. The third kappa shape index (κ3) is 4.15. The quantitative estimate of drug-likeness (QED) is 0.493. The highest BCUT2D eigenvalue weighted by molar-refractivity contribution is 7.71. The molecule has 25 heavy (non-hydrogen) atoms. The van der Waals surface area contributed by atoms with Gasteiger partial charge in [-0.2, -0.15) is 14.9 Å². The van der Waals surface area contributed by atoms with E-state index in [4.69, 9.17) is 28.6 Å². The lowest BCUT2D eigenvalue weighted by Gasteiger charge is -2.04. The number of hydrogen-bond donors (Lipinski definition) is 1. The summed E-state index contributed by atoms with van der Waals surface area (Å²) in [6.45, 7) is 2.78. The minimum absolute atomic E-state index is 0.397. The Balaban J connectivity index is 1.86. The summed E-state index contributed by atoms with van der Waals surface area (Å²) in [4.78, 5) is 0. The highest BCUT2D eigenvalue weighted by atomic mass is 35.5. The Hall–Kier alpha value is -2.44. The summed E-state index contributed by atoms with van der Waals surface area (Å²) in [5.74, 6) is 1.41. The maximum Gasteiger partial charge on any atom is 0.216 e. The molecule has 0 aliphatic heterocycles. The van der Waals surface area contributed by atoms with Gasteiger partial charge in [0.2, 0.25) is 4.77 Å². The van der Waals surface area contributed by atoms with Crippen molar-refractivity contribution < 1.29 is 4.74 Å². The first-order valence-corrected chi connectivity index (χ1v) is 8.67. The van der Waals surface area contributed by atoms with Crippen molar-refractivity contribution in [3.05, 3.63) is 63.9 Å². The number of aromatic nitrogens is 3. The van der Waals surface area contributed by atoms with Gasteiger partial charge >= 0.3 is 0 Å². The molecular formula is C18H17ClN4OS. The fourth-order valence-electron chi connectivity index (χ4n) is 2.21. The number of nitrogens with zero attached hydrogens (tertiary/aromatic N) is 3. The molecule has 0 aliphatic rings. The predicted molar refractivity (Wildman–Crippen MR) is 103 cm³/mol. The van der Waals surface area contributed by atoms with E-state index < -0.39 is 0 Å². The molecule has 0 saturated heterocycles. The molecular weight excluding hydrogens is 356 g/mol. The summed E-state index contributed by atoms with van der Waals surface area (Å²) in [7, 11) is 0. The van der Waals surface area contributed by atoms with Gasteiger partial charge in [0.1, 0.15) is 5.75 Å². The van der Waals surface area contributed by atoms with Crippen LogP contribution in [0.2, 0.25) is 5.02 Å². The number of hydrogen-bond acceptors (Lipinski definition) is 4. The normalized spacial score (nSPS) is 11.1. The third-order valence-electron chi connectivity index (χ3n) is 3.44. The van der Waals surface area contributed by atoms with Crippen molar-refractivity contribution in [1.82, 2.24) is 14.9 Å². The van der Waals surface area contributed by atoms with Crippen LogP contribution in [0.5, 0.6) is 5.75 Å². The Morgan fingerprint density at radius 3 is 2.72 bits per heavy atom. The van der Waals surface area contributed by atoms with Crippen molar-refractivity contribution >= 4 is 30.0 Å². The molecule has 0 saturated carbocycles. The molecule has 7 heteroatoms. The van der Waals surface area contributed by atoms with Crippen LogP contribution < -0.4 is 4.74 Å². The molecule has 1 aromatic heterocycles. The first-order chi connectivity index (χ1) is 12.2. The molecule has 0 spiro atoms. The van der Waals surface area contributed by atoms with Gasteiger partial charge in [0.25, 0.3) is 0 Å². The van der Waals surface area contributed by atoms with Crippen LogP contribution in [0, 0.1) is 4.77 Å². The maximum absolute atomic E-state index is 6.25. The molecule has 0 amide bonds. The average molecular weight is 373 g/mol. The van der Waals surface area contributed by atoms with Gasteiger partial charge in [0.05, 0.1) is 17.8 Å². The average Bonchev–Trinajstić information content (AvgIpc) is 3.00. The van der Waals surface area contributed by atoms with Crippen LogP contribution in [0.4, 0.5) is 0 Å². The highest BCUT2D eigenvalue weighted by Gasteiger charge is 2.11. The zero-order chi connectivity index (χ0) is 17.6. The molecule has 2 aromatic carbocycles. The molecule has 3 aromatic rings. The van der Waals surface area contributed by atoms with Gasteiger partial charge in [0, 0.05) is 5.56 Å². The smallest absolute Gasteiger partial charge is 0.216 e. The summed E-state index contributed by atoms with van der Waals surface area (Å²) in [5, 5.41) is 12.0. The van der Waals surface area contributed by atoms with Crippen molar-refractivity contribution in [1.29, 1.82) is 0 Å². The molecule has 1 heterocycles. The lowest BCUT2D eigenvalue weighted by Crippen LogP contribution is -1.96. The van der Waals surface area contributed by atoms with Crippen molar-refractivity contribution in [2.24, 2.45) is 5.10 Å². The second kappa shape index (κ2) is 8.09. The molecule has 0 aliphatic carbocycles. The number of halogens is 1. The maximum atomic E-state index is 6.25. The second-order valence-electron chi connectivity index (χ2n) is 5.31. The number of nitrogens with one attached hydrogen (secondary N) is 1. The van der Waals surface area contributed by atoms with E-state index in [0.717, 1.165) is 23.3 Å². The molecule has 0 radical (unpaired) electrons. The molecule has 0 fully saturated rings. The van der Waals surface area contributed by atoms with Crippen LogP contribution in [0.25, 0.3) is 11.4 Å². The summed E-state index contributed by atoms with van der Waals surface area (Å²) in [6, 6.07) is 15.1. The van der Waals surface area contributed by atoms with Crippen molar-refractivity contribution in [2.75, 3.05) is 6.61 Å². The van der Waals surface area contributed by atoms with Crippen LogP contribution in [0.15, 0.2) is 53.6 Å². The van der Waals surface area contributed by atoms with Gasteiger partial charge in [-0.15, -0.1) is 0 Å². The summed E-state index contributed by atoms with van der Waals surface area (Å²) in [6.07, 6.45) is 2.70. The minimum Gasteiger partial charge on any atom is -0.494 e. The second-order valence-corrected chi connectivity index (χ2v) is 6.10. The van der Waals surface area contributed by atoms with E-state index in [1.165, 1.54) is 0 Å². The Morgan fingerprint density at radius 2 is 2.00 bits per heavy atom. The SMILES string of the molecule is CCCOc1ccc(C=Nn2c(-c3ccccc3Cl)n[nH]c2=S)cc1. The zero-order valence-corrected chi connectivity index (χ0v) is 15.2. The highest BCUT2D eigenvalue weighted by Crippen LogP contribution is 2.25. The minimum atomic E-state index is 0.397. The van der Waals surface area contributed by atoms with E-state index in [9.17, 15) is 0 Å². The van der Waals surface area contributed by atoms with Crippen LogP contribution >= 0.6 is 23.8 Å². The molecule has 1 N–H and O–H groups in total. The number of aromatic amines is 1. The summed E-state index contributed by atoms with van der Waals surface area (Å²) < 4.78 is 7.52. The van der Waals surface area contributed by atoms with Crippen LogP contribution in [-0.4, -0.2) is 27.7 Å². The Labute approximate surface area is 155 Å². The van der Waals surface area contributed by atoms with Crippen LogP contribution in [0.3, 0.4) is 0 Å². The Kier molecular flexibility index (Phi) is 5.63. The van der Waals surface area contributed by atoms with Gasteiger partial charge in [-0.3, -0.25) is 0 Å². The van der Waals surface area contributed by atoms with Crippen molar-refractivity contribution in [3.63, 3.8) is 0 Å². The predicted octanol–water partition coefficient (Wildman–Crippen LogP) is 4.93. The molecule has 0 bridgehead atoms. The Bertz CT molecular complexity index is 931. The van der Waals surface area contributed by atoms with E-state index in [-0.39, 0.29) is 0 Å². The first kappa shape index (κ1) is 17.4. The summed E-state index contributed by atoms with van der Waals surface area (Å²) >= 11 is 11.5. The molecule has 3 rings (SSSR count). The van der Waals surface area contributed by atoms with E-state index in [1.54, 1.807) is 17.0 Å². The van der Waals surface area contributed by atoms with Gasteiger partial charge in [0.15, 0.2) is 5.82 Å². The number of rotatable bonds is 6.